The Labute approximate surface area is 144 Å². The molecule has 130 valence electrons. The first-order chi connectivity index (χ1) is 11.6. The van der Waals surface area contributed by atoms with Gasteiger partial charge < -0.3 is 14.6 Å². The highest BCUT2D eigenvalue weighted by Gasteiger charge is 2.16. The Morgan fingerprint density at radius 3 is 2.21 bits per heavy atom. The molecule has 0 radical (unpaired) electrons. The summed E-state index contributed by atoms with van der Waals surface area (Å²) < 4.78 is 10.8. The number of aliphatic hydroxyl groups excluding tert-OH is 1. The minimum atomic E-state index is -0.536. The van der Waals surface area contributed by atoms with Crippen molar-refractivity contribution < 1.29 is 14.6 Å². The summed E-state index contributed by atoms with van der Waals surface area (Å²) in [5.74, 6) is 1.63. The summed E-state index contributed by atoms with van der Waals surface area (Å²) in [6.45, 7) is 5.90. The Balaban J connectivity index is 1.87. The van der Waals surface area contributed by atoms with Crippen LogP contribution in [0, 0.1) is 0 Å². The lowest BCUT2D eigenvalue weighted by atomic mass is 10.1. The van der Waals surface area contributed by atoms with Gasteiger partial charge in [0.1, 0.15) is 24.2 Å². The summed E-state index contributed by atoms with van der Waals surface area (Å²) in [5.41, 5.74) is 1.20. The molecule has 0 saturated carbocycles. The first-order valence-electron chi connectivity index (χ1n) is 8.31. The predicted octanol–water partition coefficient (Wildman–Crippen LogP) is 3.35. The molecule has 0 heterocycles. The molecule has 0 amide bonds. The van der Waals surface area contributed by atoms with Crippen molar-refractivity contribution in [2.45, 2.75) is 32.5 Å². The molecule has 1 unspecified atom stereocenters. The molecule has 1 N–H and O–H groups in total. The maximum Gasteiger partial charge on any atom is 0.119 e. The Kier molecular flexibility index (Phi) is 7.09. The van der Waals surface area contributed by atoms with E-state index >= 15 is 0 Å². The Morgan fingerprint density at radius 2 is 1.62 bits per heavy atom. The van der Waals surface area contributed by atoms with Crippen LogP contribution in [0.15, 0.2) is 54.6 Å². The third-order valence-electron chi connectivity index (χ3n) is 3.91. The summed E-state index contributed by atoms with van der Waals surface area (Å²) in [5, 5.41) is 10.3. The largest absolute Gasteiger partial charge is 0.497 e. The van der Waals surface area contributed by atoms with Gasteiger partial charge in [0.25, 0.3) is 0 Å². The van der Waals surface area contributed by atoms with Crippen molar-refractivity contribution in [3.63, 3.8) is 0 Å². The molecule has 0 aliphatic rings. The molecule has 0 saturated heterocycles. The van der Waals surface area contributed by atoms with E-state index in [-0.39, 0.29) is 6.61 Å². The topological polar surface area (TPSA) is 41.9 Å². The number of aliphatic hydroxyl groups is 1. The lowest BCUT2D eigenvalue weighted by molar-refractivity contribution is 0.0543. The van der Waals surface area contributed by atoms with E-state index in [2.05, 4.69) is 30.9 Å². The SMILES string of the molecule is COc1ccc(CN(CC(O)COc2ccccc2)C(C)C)cc1. The molecule has 0 aliphatic carbocycles. The number of hydrogen-bond donors (Lipinski definition) is 1. The van der Waals surface area contributed by atoms with Gasteiger partial charge in [0, 0.05) is 19.1 Å². The molecule has 2 aromatic carbocycles. The van der Waals surface area contributed by atoms with E-state index in [1.807, 2.05) is 42.5 Å². The quantitative estimate of drug-likeness (QED) is 0.766. The zero-order valence-electron chi connectivity index (χ0n) is 14.7. The molecule has 0 aromatic heterocycles. The van der Waals surface area contributed by atoms with Gasteiger partial charge >= 0.3 is 0 Å². The minimum absolute atomic E-state index is 0.288. The molecule has 4 nitrogen and oxygen atoms in total. The Hall–Kier alpha value is -2.04. The van der Waals surface area contributed by atoms with Gasteiger partial charge in [-0.05, 0) is 43.7 Å². The number of hydrogen-bond acceptors (Lipinski definition) is 4. The van der Waals surface area contributed by atoms with Gasteiger partial charge in [-0.3, -0.25) is 4.90 Å². The maximum absolute atomic E-state index is 10.3. The molecule has 1 atom stereocenters. The summed E-state index contributed by atoms with van der Waals surface area (Å²) in [4.78, 5) is 2.24. The number of benzene rings is 2. The second-order valence-electron chi connectivity index (χ2n) is 6.15. The summed E-state index contributed by atoms with van der Waals surface area (Å²) in [6.07, 6.45) is -0.536. The molecule has 24 heavy (non-hydrogen) atoms. The third kappa shape index (κ3) is 5.87. The summed E-state index contributed by atoms with van der Waals surface area (Å²) in [7, 11) is 1.67. The first-order valence-corrected chi connectivity index (χ1v) is 8.31. The zero-order valence-corrected chi connectivity index (χ0v) is 14.7. The molecular formula is C20H27NO3. The Morgan fingerprint density at radius 1 is 0.958 bits per heavy atom. The lowest BCUT2D eigenvalue weighted by Gasteiger charge is -2.29. The fourth-order valence-corrected chi connectivity index (χ4v) is 2.46. The highest BCUT2D eigenvalue weighted by molar-refractivity contribution is 5.27. The molecule has 0 aliphatic heterocycles. The van der Waals surface area contributed by atoms with Crippen molar-refractivity contribution in [1.29, 1.82) is 0 Å². The highest BCUT2D eigenvalue weighted by atomic mass is 16.5. The number of ether oxygens (including phenoxy) is 2. The van der Waals surface area contributed by atoms with Crippen molar-refractivity contribution >= 4 is 0 Å². The lowest BCUT2D eigenvalue weighted by Crippen LogP contribution is -2.39. The van der Waals surface area contributed by atoms with E-state index in [9.17, 15) is 5.11 Å². The van der Waals surface area contributed by atoms with Crippen LogP contribution in [-0.2, 0) is 6.54 Å². The van der Waals surface area contributed by atoms with Crippen LogP contribution in [0.25, 0.3) is 0 Å². The van der Waals surface area contributed by atoms with E-state index < -0.39 is 6.10 Å². The smallest absolute Gasteiger partial charge is 0.119 e. The summed E-state index contributed by atoms with van der Waals surface area (Å²) in [6, 6.07) is 17.9. The van der Waals surface area contributed by atoms with Crippen LogP contribution in [0.1, 0.15) is 19.4 Å². The van der Waals surface area contributed by atoms with Crippen molar-refractivity contribution in [1.82, 2.24) is 4.90 Å². The predicted molar refractivity (Wildman–Crippen MR) is 96.5 cm³/mol. The van der Waals surface area contributed by atoms with Crippen LogP contribution in [0.4, 0.5) is 0 Å². The normalized spacial score (nSPS) is 12.4. The number of rotatable bonds is 9. The highest BCUT2D eigenvalue weighted by Crippen LogP contribution is 2.15. The van der Waals surface area contributed by atoms with Crippen molar-refractivity contribution in [3.8, 4) is 11.5 Å². The standard InChI is InChI=1S/C20H27NO3/c1-16(2)21(13-17-9-11-19(23-3)12-10-17)14-18(22)15-24-20-7-5-4-6-8-20/h4-12,16,18,22H,13-15H2,1-3H3. The molecular weight excluding hydrogens is 302 g/mol. The fraction of sp³-hybridized carbons (Fsp3) is 0.400. The second-order valence-corrected chi connectivity index (χ2v) is 6.15. The molecule has 4 heteroatoms. The van der Waals surface area contributed by atoms with Crippen molar-refractivity contribution in [2.75, 3.05) is 20.3 Å². The van der Waals surface area contributed by atoms with Crippen molar-refractivity contribution in [2.24, 2.45) is 0 Å². The molecule has 0 bridgehead atoms. The van der Waals surface area contributed by atoms with Crippen LogP contribution in [0.2, 0.25) is 0 Å². The van der Waals surface area contributed by atoms with E-state index in [0.717, 1.165) is 18.0 Å². The van der Waals surface area contributed by atoms with Gasteiger partial charge in [0.15, 0.2) is 0 Å². The van der Waals surface area contributed by atoms with E-state index in [1.54, 1.807) is 7.11 Å². The van der Waals surface area contributed by atoms with E-state index in [1.165, 1.54) is 5.56 Å². The average molecular weight is 329 g/mol. The van der Waals surface area contributed by atoms with Gasteiger partial charge in [-0.2, -0.15) is 0 Å². The second kappa shape index (κ2) is 9.30. The zero-order chi connectivity index (χ0) is 17.4. The third-order valence-corrected chi connectivity index (χ3v) is 3.91. The number of methoxy groups -OCH3 is 1. The van der Waals surface area contributed by atoms with Gasteiger partial charge in [0.05, 0.1) is 7.11 Å². The number of nitrogens with zero attached hydrogens (tertiary/aromatic N) is 1. The van der Waals surface area contributed by atoms with Crippen molar-refractivity contribution in [3.05, 3.63) is 60.2 Å². The monoisotopic (exact) mass is 329 g/mol. The number of para-hydroxylation sites is 1. The van der Waals surface area contributed by atoms with Crippen LogP contribution >= 0.6 is 0 Å². The molecule has 2 aromatic rings. The average Bonchev–Trinajstić information content (AvgIpc) is 2.61. The minimum Gasteiger partial charge on any atom is -0.497 e. The van der Waals surface area contributed by atoms with Gasteiger partial charge in [-0.25, -0.2) is 0 Å². The van der Waals surface area contributed by atoms with Crippen LogP contribution in [0.5, 0.6) is 11.5 Å². The van der Waals surface area contributed by atoms with Gasteiger partial charge in [-0.1, -0.05) is 30.3 Å². The molecule has 0 spiro atoms. The fourth-order valence-electron chi connectivity index (χ4n) is 2.46. The molecule has 0 fully saturated rings. The van der Waals surface area contributed by atoms with Crippen LogP contribution in [-0.4, -0.2) is 42.4 Å². The van der Waals surface area contributed by atoms with E-state index in [4.69, 9.17) is 9.47 Å². The Bertz CT molecular complexity index is 584. The van der Waals surface area contributed by atoms with Gasteiger partial charge in [-0.15, -0.1) is 0 Å². The van der Waals surface area contributed by atoms with Crippen LogP contribution < -0.4 is 9.47 Å². The first kappa shape index (κ1) is 18.3. The maximum atomic E-state index is 10.3. The van der Waals surface area contributed by atoms with E-state index in [0.29, 0.717) is 12.6 Å². The van der Waals surface area contributed by atoms with Gasteiger partial charge in [0.2, 0.25) is 0 Å². The summed E-state index contributed by atoms with van der Waals surface area (Å²) >= 11 is 0. The van der Waals surface area contributed by atoms with Crippen LogP contribution in [0.3, 0.4) is 0 Å². The molecule has 2 rings (SSSR count).